The summed E-state index contributed by atoms with van der Waals surface area (Å²) in [7, 11) is 0. The molecular formula is C16H16F3NO5. The van der Waals surface area contributed by atoms with Crippen molar-refractivity contribution in [2.45, 2.75) is 12.8 Å². The number of para-hydroxylation sites is 1. The zero-order chi connectivity index (χ0) is 18.2. The Kier molecular flexibility index (Phi) is 4.36. The van der Waals surface area contributed by atoms with Crippen molar-refractivity contribution < 1.29 is 37.3 Å². The van der Waals surface area contributed by atoms with Crippen LogP contribution in [-0.4, -0.2) is 54.5 Å². The van der Waals surface area contributed by atoms with E-state index in [9.17, 15) is 27.9 Å². The van der Waals surface area contributed by atoms with Crippen LogP contribution < -0.4 is 4.74 Å². The van der Waals surface area contributed by atoms with E-state index in [1.807, 2.05) is 0 Å². The van der Waals surface area contributed by atoms with Crippen molar-refractivity contribution in [1.29, 1.82) is 0 Å². The molecule has 25 heavy (non-hydrogen) atoms. The van der Waals surface area contributed by atoms with Crippen molar-refractivity contribution in [2.24, 2.45) is 11.3 Å². The van der Waals surface area contributed by atoms with E-state index in [4.69, 9.17) is 4.74 Å². The van der Waals surface area contributed by atoms with Gasteiger partial charge in [0, 0.05) is 25.6 Å². The second-order valence-electron chi connectivity index (χ2n) is 6.21. The SMILES string of the molecule is O=C(c1ccccc1OC(F)(F)F)N1C[C@H]2COCC[C@@]2(C(=O)O)C1. The zero-order valence-electron chi connectivity index (χ0n) is 13.1. The molecule has 9 heteroatoms. The summed E-state index contributed by atoms with van der Waals surface area (Å²) >= 11 is 0. The van der Waals surface area contributed by atoms with Crippen molar-refractivity contribution in [3.63, 3.8) is 0 Å². The Morgan fingerprint density at radius 2 is 2.04 bits per heavy atom. The molecule has 1 N–H and O–H groups in total. The third kappa shape index (κ3) is 3.28. The maximum absolute atomic E-state index is 12.7. The topological polar surface area (TPSA) is 76.1 Å². The number of fused-ring (bicyclic) bond motifs is 1. The van der Waals surface area contributed by atoms with Crippen LogP contribution in [-0.2, 0) is 9.53 Å². The van der Waals surface area contributed by atoms with Crippen molar-refractivity contribution >= 4 is 11.9 Å². The van der Waals surface area contributed by atoms with Crippen molar-refractivity contribution in [3.8, 4) is 5.75 Å². The maximum Gasteiger partial charge on any atom is 0.573 e. The van der Waals surface area contributed by atoms with E-state index >= 15 is 0 Å². The minimum absolute atomic E-state index is 0.0600. The number of likely N-dealkylation sites (tertiary alicyclic amines) is 1. The molecule has 0 saturated carbocycles. The number of carbonyl (C=O) groups excluding carboxylic acids is 1. The summed E-state index contributed by atoms with van der Waals surface area (Å²) in [6, 6.07) is 5.04. The van der Waals surface area contributed by atoms with E-state index in [-0.39, 0.29) is 38.3 Å². The molecule has 2 atom stereocenters. The lowest BCUT2D eigenvalue weighted by molar-refractivity contribution is -0.274. The molecule has 1 aromatic rings. The number of aliphatic carboxylic acids is 1. The highest BCUT2D eigenvalue weighted by atomic mass is 19.4. The van der Waals surface area contributed by atoms with Crippen LogP contribution in [0.4, 0.5) is 13.2 Å². The number of rotatable bonds is 3. The number of alkyl halides is 3. The zero-order valence-corrected chi connectivity index (χ0v) is 13.1. The van der Waals surface area contributed by atoms with Gasteiger partial charge in [0.15, 0.2) is 0 Å². The summed E-state index contributed by atoms with van der Waals surface area (Å²) in [6.45, 7) is 0.538. The average Bonchev–Trinajstić information content (AvgIpc) is 2.94. The van der Waals surface area contributed by atoms with Gasteiger partial charge in [0.05, 0.1) is 17.6 Å². The monoisotopic (exact) mass is 359 g/mol. The van der Waals surface area contributed by atoms with E-state index in [1.165, 1.54) is 23.1 Å². The summed E-state index contributed by atoms with van der Waals surface area (Å²) in [5.74, 6) is -2.69. The highest BCUT2D eigenvalue weighted by Crippen LogP contribution is 2.43. The minimum Gasteiger partial charge on any atom is -0.481 e. The number of carboxylic acid groups (broad SMARTS) is 1. The Morgan fingerprint density at radius 1 is 1.32 bits per heavy atom. The van der Waals surface area contributed by atoms with Gasteiger partial charge in [-0.2, -0.15) is 0 Å². The van der Waals surface area contributed by atoms with Crippen LogP contribution in [0.3, 0.4) is 0 Å². The first kappa shape index (κ1) is 17.5. The molecule has 6 nitrogen and oxygen atoms in total. The molecule has 2 heterocycles. The predicted molar refractivity (Wildman–Crippen MR) is 78.0 cm³/mol. The molecule has 2 fully saturated rings. The Morgan fingerprint density at radius 3 is 2.68 bits per heavy atom. The molecule has 0 aromatic heterocycles. The van der Waals surface area contributed by atoms with Gasteiger partial charge in [0.1, 0.15) is 5.75 Å². The van der Waals surface area contributed by atoms with E-state index in [1.54, 1.807) is 0 Å². The number of hydrogen-bond donors (Lipinski definition) is 1. The highest BCUT2D eigenvalue weighted by molar-refractivity contribution is 5.97. The van der Waals surface area contributed by atoms with Gasteiger partial charge in [0.2, 0.25) is 0 Å². The average molecular weight is 359 g/mol. The van der Waals surface area contributed by atoms with Crippen molar-refractivity contribution in [2.75, 3.05) is 26.3 Å². The second kappa shape index (κ2) is 6.21. The molecule has 2 aliphatic heterocycles. The Hall–Kier alpha value is -2.29. The van der Waals surface area contributed by atoms with Crippen LogP contribution >= 0.6 is 0 Å². The molecule has 1 amide bonds. The molecule has 0 bridgehead atoms. The number of nitrogens with zero attached hydrogens (tertiary/aromatic N) is 1. The lowest BCUT2D eigenvalue weighted by atomic mass is 9.74. The molecule has 0 unspecified atom stereocenters. The largest absolute Gasteiger partial charge is 0.573 e. The van der Waals surface area contributed by atoms with Gasteiger partial charge in [-0.05, 0) is 18.6 Å². The first-order chi connectivity index (χ1) is 11.7. The Bertz CT molecular complexity index is 693. The second-order valence-corrected chi connectivity index (χ2v) is 6.21. The fourth-order valence-corrected chi connectivity index (χ4v) is 3.48. The normalized spacial score (nSPS) is 26.2. The van der Waals surface area contributed by atoms with Crippen LogP contribution in [0.25, 0.3) is 0 Å². The molecular weight excluding hydrogens is 343 g/mol. The predicted octanol–water partition coefficient (Wildman–Crippen LogP) is 2.15. The highest BCUT2D eigenvalue weighted by Gasteiger charge is 2.55. The molecule has 0 aliphatic carbocycles. The lowest BCUT2D eigenvalue weighted by Crippen LogP contribution is -2.45. The fourth-order valence-electron chi connectivity index (χ4n) is 3.48. The number of amides is 1. The first-order valence-corrected chi connectivity index (χ1v) is 7.68. The Labute approximate surface area is 141 Å². The molecule has 1 aromatic carbocycles. The summed E-state index contributed by atoms with van der Waals surface area (Å²) < 4.78 is 46.8. The lowest BCUT2D eigenvalue weighted by Gasteiger charge is -2.33. The number of carbonyl (C=O) groups is 2. The molecule has 136 valence electrons. The van der Waals surface area contributed by atoms with Gasteiger partial charge in [-0.3, -0.25) is 9.59 Å². The summed E-state index contributed by atoms with van der Waals surface area (Å²) in [5.41, 5.74) is -1.37. The van der Waals surface area contributed by atoms with E-state index in [0.29, 0.717) is 0 Å². The molecule has 2 aliphatic rings. The fraction of sp³-hybridized carbons (Fsp3) is 0.500. The molecule has 2 saturated heterocycles. The third-order valence-corrected chi connectivity index (χ3v) is 4.76. The molecule has 0 spiro atoms. The van der Waals surface area contributed by atoms with Gasteiger partial charge in [-0.25, -0.2) is 0 Å². The van der Waals surface area contributed by atoms with Gasteiger partial charge in [-0.15, -0.1) is 13.2 Å². The van der Waals surface area contributed by atoms with Gasteiger partial charge < -0.3 is 19.5 Å². The van der Waals surface area contributed by atoms with Crippen molar-refractivity contribution in [3.05, 3.63) is 29.8 Å². The number of hydrogen-bond acceptors (Lipinski definition) is 4. The summed E-state index contributed by atoms with van der Waals surface area (Å²) in [5, 5.41) is 9.61. The van der Waals surface area contributed by atoms with Crippen LogP contribution in [0.2, 0.25) is 0 Å². The number of halogens is 3. The standard InChI is InChI=1S/C16H16F3NO5/c17-16(18,19)25-12-4-2-1-3-11(12)13(21)20-7-10-8-24-6-5-15(10,9-20)14(22)23/h1-4,10H,5-9H2,(H,22,23)/t10-,15+/m0/s1. The number of carboxylic acids is 1. The van der Waals surface area contributed by atoms with E-state index in [0.717, 1.165) is 6.07 Å². The minimum atomic E-state index is -4.93. The third-order valence-electron chi connectivity index (χ3n) is 4.76. The van der Waals surface area contributed by atoms with Crippen LogP contribution in [0.15, 0.2) is 24.3 Å². The van der Waals surface area contributed by atoms with Crippen LogP contribution in [0.1, 0.15) is 16.8 Å². The van der Waals surface area contributed by atoms with Gasteiger partial charge in [-0.1, -0.05) is 12.1 Å². The number of benzene rings is 1. The van der Waals surface area contributed by atoms with E-state index < -0.39 is 35.3 Å². The van der Waals surface area contributed by atoms with Crippen molar-refractivity contribution in [1.82, 2.24) is 4.90 Å². The van der Waals surface area contributed by atoms with Crippen LogP contribution in [0, 0.1) is 11.3 Å². The van der Waals surface area contributed by atoms with Crippen LogP contribution in [0.5, 0.6) is 5.75 Å². The quantitative estimate of drug-likeness (QED) is 0.895. The van der Waals surface area contributed by atoms with E-state index in [2.05, 4.69) is 4.74 Å². The maximum atomic E-state index is 12.7. The number of ether oxygens (including phenoxy) is 2. The summed E-state index contributed by atoms with van der Waals surface area (Å²) in [4.78, 5) is 25.7. The van der Waals surface area contributed by atoms with Gasteiger partial charge >= 0.3 is 12.3 Å². The molecule has 3 rings (SSSR count). The smallest absolute Gasteiger partial charge is 0.481 e. The summed E-state index contributed by atoms with van der Waals surface area (Å²) in [6.07, 6.45) is -4.66. The van der Waals surface area contributed by atoms with Gasteiger partial charge in [0.25, 0.3) is 5.91 Å². The molecule has 0 radical (unpaired) electrons. The first-order valence-electron chi connectivity index (χ1n) is 7.68. The Balaban J connectivity index is 1.87.